The minimum Gasteiger partial charge on any atom is -0.362 e. The lowest BCUT2D eigenvalue weighted by Gasteiger charge is -2.11. The molecule has 3 aromatic carbocycles. The quantitative estimate of drug-likeness (QED) is 0.381. The highest BCUT2D eigenvalue weighted by Crippen LogP contribution is 2.15. The summed E-state index contributed by atoms with van der Waals surface area (Å²) in [6.45, 7) is 0.775. The molecule has 0 unspecified atom stereocenters. The smallest absolute Gasteiger partial charge is 0.258 e. The molecule has 6 heteroatoms. The molecule has 4 nitrogen and oxygen atoms in total. The Labute approximate surface area is 175 Å². The Kier molecular flexibility index (Phi) is 7.30. The number of hydrogen-bond donors (Lipinski definition) is 3. The van der Waals surface area contributed by atoms with Crippen LogP contribution in [0.1, 0.15) is 22.3 Å². The number of carbonyl (C=O) groups excluding carboxylic acids is 1. The maximum atomic E-state index is 13.7. The number of hydrogen-bond acceptors (Lipinski definition) is 2. The van der Waals surface area contributed by atoms with E-state index in [4.69, 9.17) is 12.2 Å². The third kappa shape index (κ3) is 6.40. The van der Waals surface area contributed by atoms with Gasteiger partial charge in [-0.3, -0.25) is 4.79 Å². The van der Waals surface area contributed by atoms with Crippen molar-refractivity contribution in [1.29, 1.82) is 0 Å². The summed E-state index contributed by atoms with van der Waals surface area (Å²) in [7, 11) is 0. The van der Waals surface area contributed by atoms with Gasteiger partial charge in [0.15, 0.2) is 5.11 Å². The van der Waals surface area contributed by atoms with E-state index in [1.165, 1.54) is 17.7 Å². The molecule has 0 saturated carbocycles. The first kappa shape index (κ1) is 20.5. The van der Waals surface area contributed by atoms with Gasteiger partial charge < -0.3 is 16.0 Å². The first-order chi connectivity index (χ1) is 14.1. The van der Waals surface area contributed by atoms with E-state index in [0.29, 0.717) is 10.8 Å². The standard InChI is InChI=1S/C23H22FN3OS/c24-21-11-5-4-10-20(21)22(28)26-18-12-14-19(15-13-18)27-23(29)25-16-6-9-17-7-2-1-3-8-17/h1-5,7-8,10-15H,6,9,16H2,(H,26,28)(H2,25,27,29). The summed E-state index contributed by atoms with van der Waals surface area (Å²) in [6, 6.07) is 23.3. The molecule has 0 atom stereocenters. The summed E-state index contributed by atoms with van der Waals surface area (Å²) < 4.78 is 13.7. The Hall–Kier alpha value is -3.25. The van der Waals surface area contributed by atoms with Crippen LogP contribution in [0.3, 0.4) is 0 Å². The van der Waals surface area contributed by atoms with Gasteiger partial charge >= 0.3 is 0 Å². The monoisotopic (exact) mass is 407 g/mol. The van der Waals surface area contributed by atoms with Gasteiger partial charge in [-0.2, -0.15) is 0 Å². The van der Waals surface area contributed by atoms with E-state index in [1.807, 2.05) is 18.2 Å². The Morgan fingerprint density at radius 2 is 1.45 bits per heavy atom. The van der Waals surface area contributed by atoms with Gasteiger partial charge in [0, 0.05) is 17.9 Å². The van der Waals surface area contributed by atoms with Gasteiger partial charge in [-0.25, -0.2) is 4.39 Å². The first-order valence-corrected chi connectivity index (χ1v) is 9.77. The summed E-state index contributed by atoms with van der Waals surface area (Å²) in [5.74, 6) is -1.04. The highest BCUT2D eigenvalue weighted by atomic mass is 32.1. The number of benzene rings is 3. The maximum absolute atomic E-state index is 13.7. The van der Waals surface area contributed by atoms with Gasteiger partial charge in [0.1, 0.15) is 5.82 Å². The highest BCUT2D eigenvalue weighted by molar-refractivity contribution is 7.80. The summed E-state index contributed by atoms with van der Waals surface area (Å²) in [6.07, 6.45) is 1.97. The third-order valence-corrected chi connectivity index (χ3v) is 4.54. The summed E-state index contributed by atoms with van der Waals surface area (Å²) >= 11 is 5.31. The fraction of sp³-hybridized carbons (Fsp3) is 0.130. The Balaban J connectivity index is 1.43. The number of thiocarbonyl (C=S) groups is 1. The maximum Gasteiger partial charge on any atom is 0.258 e. The van der Waals surface area contributed by atoms with Crippen LogP contribution in [0.25, 0.3) is 0 Å². The van der Waals surface area contributed by atoms with E-state index in [-0.39, 0.29) is 5.56 Å². The Morgan fingerprint density at radius 3 is 2.14 bits per heavy atom. The van der Waals surface area contributed by atoms with E-state index in [9.17, 15) is 9.18 Å². The van der Waals surface area contributed by atoms with Crippen LogP contribution >= 0.6 is 12.2 Å². The molecule has 3 aromatic rings. The predicted molar refractivity (Wildman–Crippen MR) is 120 cm³/mol. The van der Waals surface area contributed by atoms with Crippen LogP contribution < -0.4 is 16.0 Å². The lowest BCUT2D eigenvalue weighted by Crippen LogP contribution is -2.29. The molecule has 0 saturated heterocycles. The van der Waals surface area contributed by atoms with Crippen LogP contribution in [-0.4, -0.2) is 17.6 Å². The topological polar surface area (TPSA) is 53.2 Å². The third-order valence-electron chi connectivity index (χ3n) is 4.29. The molecular weight excluding hydrogens is 385 g/mol. The van der Waals surface area contributed by atoms with E-state index in [1.54, 1.807) is 36.4 Å². The van der Waals surface area contributed by atoms with Crippen molar-refractivity contribution < 1.29 is 9.18 Å². The van der Waals surface area contributed by atoms with Crippen molar-refractivity contribution in [2.45, 2.75) is 12.8 Å². The molecule has 3 rings (SSSR count). The molecule has 3 N–H and O–H groups in total. The largest absolute Gasteiger partial charge is 0.362 e. The van der Waals surface area contributed by atoms with Gasteiger partial charge in [0.05, 0.1) is 5.56 Å². The molecule has 0 fully saturated rings. The molecular formula is C23H22FN3OS. The van der Waals surface area contributed by atoms with Crippen LogP contribution in [0, 0.1) is 5.82 Å². The van der Waals surface area contributed by atoms with Crippen LogP contribution in [0.15, 0.2) is 78.9 Å². The van der Waals surface area contributed by atoms with Crippen molar-refractivity contribution in [3.63, 3.8) is 0 Å². The van der Waals surface area contributed by atoms with Crippen molar-refractivity contribution >= 4 is 34.6 Å². The van der Waals surface area contributed by atoms with Crippen molar-refractivity contribution in [3.8, 4) is 0 Å². The fourth-order valence-electron chi connectivity index (χ4n) is 2.80. The molecule has 29 heavy (non-hydrogen) atoms. The average Bonchev–Trinajstić information content (AvgIpc) is 2.74. The summed E-state index contributed by atoms with van der Waals surface area (Å²) in [4.78, 5) is 12.1. The fourth-order valence-corrected chi connectivity index (χ4v) is 3.01. The number of anilines is 2. The van der Waals surface area contributed by atoms with Crippen LogP contribution in [0.5, 0.6) is 0 Å². The number of rotatable bonds is 7. The molecule has 0 aromatic heterocycles. The van der Waals surface area contributed by atoms with Gasteiger partial charge in [0.2, 0.25) is 0 Å². The molecule has 0 heterocycles. The minimum absolute atomic E-state index is 0.00980. The van der Waals surface area contributed by atoms with Crippen molar-refractivity contribution in [3.05, 3.63) is 95.8 Å². The molecule has 0 aliphatic carbocycles. The Bertz CT molecular complexity index is 961. The van der Waals surface area contributed by atoms with E-state index in [0.717, 1.165) is 25.1 Å². The van der Waals surface area contributed by atoms with E-state index >= 15 is 0 Å². The first-order valence-electron chi connectivity index (χ1n) is 9.36. The van der Waals surface area contributed by atoms with Gasteiger partial charge in [-0.1, -0.05) is 42.5 Å². The lowest BCUT2D eigenvalue weighted by molar-refractivity contribution is 0.102. The van der Waals surface area contributed by atoms with E-state index in [2.05, 4.69) is 28.1 Å². The van der Waals surface area contributed by atoms with Gasteiger partial charge in [-0.15, -0.1) is 0 Å². The summed E-state index contributed by atoms with van der Waals surface area (Å²) in [5, 5.41) is 9.52. The molecule has 148 valence electrons. The zero-order chi connectivity index (χ0) is 20.5. The van der Waals surface area contributed by atoms with Crippen LogP contribution in [-0.2, 0) is 6.42 Å². The number of amides is 1. The number of halogens is 1. The van der Waals surface area contributed by atoms with Crippen molar-refractivity contribution in [2.24, 2.45) is 0 Å². The average molecular weight is 408 g/mol. The minimum atomic E-state index is -0.549. The lowest BCUT2D eigenvalue weighted by atomic mass is 10.1. The second-order valence-corrected chi connectivity index (χ2v) is 6.89. The van der Waals surface area contributed by atoms with Crippen LogP contribution in [0.2, 0.25) is 0 Å². The second kappa shape index (κ2) is 10.3. The van der Waals surface area contributed by atoms with E-state index < -0.39 is 11.7 Å². The van der Waals surface area contributed by atoms with Crippen molar-refractivity contribution in [2.75, 3.05) is 17.2 Å². The second-order valence-electron chi connectivity index (χ2n) is 6.48. The molecule has 0 aliphatic rings. The number of nitrogens with one attached hydrogen (secondary N) is 3. The predicted octanol–water partition coefficient (Wildman–Crippen LogP) is 5.00. The molecule has 0 spiro atoms. The number of aryl methyl sites for hydroxylation is 1. The van der Waals surface area contributed by atoms with Gasteiger partial charge in [-0.05, 0) is 67.0 Å². The normalized spacial score (nSPS) is 10.2. The van der Waals surface area contributed by atoms with Crippen molar-refractivity contribution in [1.82, 2.24) is 5.32 Å². The molecule has 1 amide bonds. The SMILES string of the molecule is O=C(Nc1ccc(NC(=S)NCCCc2ccccc2)cc1)c1ccccc1F. The molecule has 0 bridgehead atoms. The zero-order valence-corrected chi connectivity index (χ0v) is 16.6. The zero-order valence-electron chi connectivity index (χ0n) is 15.8. The summed E-state index contributed by atoms with van der Waals surface area (Å²) in [5.41, 5.74) is 2.69. The number of carbonyl (C=O) groups is 1. The highest BCUT2D eigenvalue weighted by Gasteiger charge is 2.10. The molecule has 0 aliphatic heterocycles. The Morgan fingerprint density at radius 1 is 0.828 bits per heavy atom. The van der Waals surface area contributed by atoms with Gasteiger partial charge in [0.25, 0.3) is 5.91 Å². The van der Waals surface area contributed by atoms with Crippen LogP contribution in [0.4, 0.5) is 15.8 Å². The molecule has 0 radical (unpaired) electrons.